The number of amides is 1. The standard InChI is InChI=1S/C28H35N7O3S/c1-27(2)15-21-28(3,17-38-27)20-16-29-26(30-19-13-11-18(12-14-19)25(36)34(4)5)32-24(20)35(21)23-10-8-9-22(31-23)33-39(6,7)37/h8-14,16,21H,15,17H2,1-7H3,(H,29,30,32)/p+1/t21-,28-/m0/s1. The molecule has 1 amide bonds. The van der Waals surface area contributed by atoms with E-state index < -0.39 is 9.73 Å². The molecule has 2 aliphatic heterocycles. The summed E-state index contributed by atoms with van der Waals surface area (Å²) in [6.45, 7) is 7.16. The Morgan fingerprint density at radius 3 is 2.51 bits per heavy atom. The molecule has 0 aliphatic carbocycles. The lowest BCUT2D eigenvalue weighted by Gasteiger charge is -2.43. The fourth-order valence-corrected chi connectivity index (χ4v) is 5.78. The molecule has 5 rings (SSSR count). The second kappa shape index (κ2) is 9.56. The van der Waals surface area contributed by atoms with Gasteiger partial charge in [-0.25, -0.2) is 14.2 Å². The SMILES string of the molecule is CN(C)C(=O)c1ccc(Nc2ncc3c(n2)N(c2cccc(N=S(C)(C)=O)n2)[C@H]2CC(C)(C)[OH+]C[C@@]32C)cc1. The molecule has 2 N–H and O–H groups in total. The van der Waals surface area contributed by atoms with Crippen LogP contribution in [-0.2, 0) is 15.1 Å². The first-order valence-electron chi connectivity index (χ1n) is 12.8. The summed E-state index contributed by atoms with van der Waals surface area (Å²) in [7, 11) is 1.09. The molecule has 10 nitrogen and oxygen atoms in total. The van der Waals surface area contributed by atoms with E-state index in [4.69, 9.17) is 14.7 Å². The summed E-state index contributed by atoms with van der Waals surface area (Å²) in [6.07, 6.45) is 5.89. The first-order valence-corrected chi connectivity index (χ1v) is 15.2. The van der Waals surface area contributed by atoms with Gasteiger partial charge in [0.15, 0.2) is 18.0 Å². The Kier molecular flexibility index (Phi) is 6.62. The summed E-state index contributed by atoms with van der Waals surface area (Å²) < 4.78 is 21.7. The average Bonchev–Trinajstić information content (AvgIpc) is 3.10. The van der Waals surface area contributed by atoms with Crippen LogP contribution in [0.1, 0.15) is 43.1 Å². The topological polar surface area (TPSA) is 116 Å². The maximum absolute atomic E-state index is 12.4. The second-order valence-corrected chi connectivity index (χ2v) is 14.1. The van der Waals surface area contributed by atoms with Crippen LogP contribution < -0.4 is 10.2 Å². The Morgan fingerprint density at radius 2 is 1.85 bits per heavy atom. The van der Waals surface area contributed by atoms with Gasteiger partial charge in [-0.3, -0.25) is 4.79 Å². The molecule has 206 valence electrons. The maximum Gasteiger partial charge on any atom is 0.253 e. The Bertz CT molecular complexity index is 1540. The normalized spacial score (nSPS) is 21.6. The number of nitrogens with zero attached hydrogens (tertiary/aromatic N) is 6. The summed E-state index contributed by atoms with van der Waals surface area (Å²) >= 11 is 0. The van der Waals surface area contributed by atoms with Crippen molar-refractivity contribution >= 4 is 44.7 Å². The molecule has 0 unspecified atom stereocenters. The Hall–Kier alpha value is -3.57. The number of ether oxygens (including phenoxy) is 1. The van der Waals surface area contributed by atoms with E-state index in [2.05, 4.69) is 40.3 Å². The minimum absolute atomic E-state index is 0.0521. The molecule has 2 atom stereocenters. The van der Waals surface area contributed by atoms with Crippen molar-refractivity contribution in [2.75, 3.05) is 43.4 Å². The van der Waals surface area contributed by atoms with E-state index in [1.807, 2.05) is 30.5 Å². The van der Waals surface area contributed by atoms with Gasteiger partial charge in [0.1, 0.15) is 11.6 Å². The minimum atomic E-state index is -2.37. The van der Waals surface area contributed by atoms with Crippen molar-refractivity contribution in [1.29, 1.82) is 0 Å². The molecule has 2 aliphatic rings. The highest BCUT2D eigenvalue weighted by atomic mass is 32.2. The zero-order valence-electron chi connectivity index (χ0n) is 23.5. The number of carbonyl (C=O) groups excluding carboxylic acids is 1. The molecular formula is C28H36N7O3S+. The molecule has 1 fully saturated rings. The van der Waals surface area contributed by atoms with Gasteiger partial charge in [0, 0.05) is 79.6 Å². The van der Waals surface area contributed by atoms with E-state index >= 15 is 0 Å². The van der Waals surface area contributed by atoms with Gasteiger partial charge in [0.25, 0.3) is 5.91 Å². The number of hydrogen-bond acceptors (Lipinski definition) is 8. The van der Waals surface area contributed by atoms with Gasteiger partial charge in [-0.1, -0.05) is 6.07 Å². The van der Waals surface area contributed by atoms with Crippen molar-refractivity contribution in [2.45, 2.75) is 44.2 Å². The van der Waals surface area contributed by atoms with Crippen LogP contribution in [-0.4, -0.2) is 79.6 Å². The van der Waals surface area contributed by atoms with E-state index in [0.717, 1.165) is 23.5 Å². The molecule has 11 heteroatoms. The lowest BCUT2D eigenvalue weighted by molar-refractivity contribution is -0.213. The highest BCUT2D eigenvalue weighted by Gasteiger charge is 2.58. The number of nitrogens with one attached hydrogen (secondary N) is 1. The number of anilines is 4. The average molecular weight is 551 g/mol. The monoisotopic (exact) mass is 550 g/mol. The van der Waals surface area contributed by atoms with Crippen LogP contribution >= 0.6 is 0 Å². The van der Waals surface area contributed by atoms with E-state index in [-0.39, 0.29) is 23.0 Å². The minimum Gasteiger partial charge on any atom is -0.429 e. The molecule has 0 bridgehead atoms. The van der Waals surface area contributed by atoms with E-state index in [1.54, 1.807) is 49.7 Å². The van der Waals surface area contributed by atoms with Crippen LogP contribution in [0.15, 0.2) is 53.0 Å². The summed E-state index contributed by atoms with van der Waals surface area (Å²) in [6, 6.07) is 12.9. The highest BCUT2D eigenvalue weighted by molar-refractivity contribution is 7.92. The fraction of sp³-hybridized carbons (Fsp3) is 0.429. The first-order chi connectivity index (χ1) is 18.3. The molecule has 4 heterocycles. The number of hydrogen-bond donors (Lipinski definition) is 1. The number of rotatable bonds is 5. The van der Waals surface area contributed by atoms with Crippen LogP contribution in [0, 0.1) is 0 Å². The molecule has 0 radical (unpaired) electrons. The number of benzene rings is 1. The summed E-state index contributed by atoms with van der Waals surface area (Å²) in [5.41, 5.74) is 1.90. The zero-order chi connectivity index (χ0) is 28.2. The van der Waals surface area contributed by atoms with Crippen LogP contribution in [0.5, 0.6) is 0 Å². The number of carbonyl (C=O) groups is 1. The van der Waals surface area contributed by atoms with Gasteiger partial charge in [0.05, 0.1) is 11.5 Å². The number of pyridine rings is 1. The van der Waals surface area contributed by atoms with Gasteiger partial charge in [-0.15, -0.1) is 0 Å². The van der Waals surface area contributed by atoms with Crippen LogP contribution in [0.3, 0.4) is 0 Å². The highest BCUT2D eigenvalue weighted by Crippen LogP contribution is 2.52. The predicted octanol–water partition coefficient (Wildman–Crippen LogP) is 4.16. The van der Waals surface area contributed by atoms with Crippen LogP contribution in [0.2, 0.25) is 0 Å². The van der Waals surface area contributed by atoms with Gasteiger partial charge in [-0.05, 0) is 43.3 Å². The Balaban J connectivity index is 1.55. The quantitative estimate of drug-likeness (QED) is 0.474. The molecular weight excluding hydrogens is 514 g/mol. The Morgan fingerprint density at radius 1 is 1.13 bits per heavy atom. The van der Waals surface area contributed by atoms with E-state index in [1.165, 1.54) is 0 Å². The van der Waals surface area contributed by atoms with E-state index in [9.17, 15) is 9.00 Å². The number of fused-ring (bicyclic) bond motifs is 3. The second-order valence-electron chi connectivity index (χ2n) is 11.6. The van der Waals surface area contributed by atoms with Gasteiger partial charge in [-0.2, -0.15) is 9.35 Å². The van der Waals surface area contributed by atoms with Crippen molar-refractivity contribution in [3.05, 3.63) is 59.8 Å². The van der Waals surface area contributed by atoms with Crippen LogP contribution in [0.25, 0.3) is 0 Å². The first kappa shape index (κ1) is 27.0. The lowest BCUT2D eigenvalue weighted by Crippen LogP contribution is -2.56. The summed E-state index contributed by atoms with van der Waals surface area (Å²) in [5.74, 6) is 2.28. The van der Waals surface area contributed by atoms with Crippen molar-refractivity contribution in [1.82, 2.24) is 19.9 Å². The lowest BCUT2D eigenvalue weighted by atomic mass is 9.73. The molecule has 1 aromatic carbocycles. The molecule has 2 aromatic heterocycles. The third-order valence-corrected chi connectivity index (χ3v) is 7.89. The molecule has 0 saturated carbocycles. The fourth-order valence-electron chi connectivity index (χ4n) is 5.23. The van der Waals surface area contributed by atoms with Gasteiger partial charge in [0.2, 0.25) is 5.95 Å². The largest absolute Gasteiger partial charge is 0.429 e. The molecule has 1 saturated heterocycles. The summed E-state index contributed by atoms with van der Waals surface area (Å²) in [4.78, 5) is 30.4. The van der Waals surface area contributed by atoms with E-state index in [0.29, 0.717) is 29.8 Å². The van der Waals surface area contributed by atoms with Crippen molar-refractivity contribution in [2.24, 2.45) is 4.36 Å². The number of aromatic nitrogens is 3. The Labute approximate surface area is 230 Å². The third-order valence-electron chi connectivity index (χ3n) is 7.26. The van der Waals surface area contributed by atoms with Gasteiger partial charge >= 0.3 is 0 Å². The molecule has 0 spiro atoms. The zero-order valence-corrected chi connectivity index (χ0v) is 24.3. The third kappa shape index (κ3) is 5.33. The smallest absolute Gasteiger partial charge is 0.253 e. The van der Waals surface area contributed by atoms with Crippen molar-refractivity contribution < 1.29 is 13.7 Å². The summed E-state index contributed by atoms with van der Waals surface area (Å²) in [5, 5.41) is 3.28. The van der Waals surface area contributed by atoms with Crippen molar-refractivity contribution in [3.8, 4) is 0 Å². The predicted molar refractivity (Wildman–Crippen MR) is 155 cm³/mol. The number of aliphatic hydroxyl groups is 2. The molecule has 39 heavy (non-hydrogen) atoms. The van der Waals surface area contributed by atoms with Crippen molar-refractivity contribution in [3.63, 3.8) is 0 Å². The maximum atomic E-state index is 12.4. The molecule has 3 aromatic rings. The van der Waals surface area contributed by atoms with Crippen LogP contribution in [0.4, 0.5) is 29.1 Å². The van der Waals surface area contributed by atoms with Gasteiger partial charge < -0.3 is 19.9 Å².